The van der Waals surface area contributed by atoms with Crippen molar-refractivity contribution in [3.63, 3.8) is 0 Å². The fourth-order valence-corrected chi connectivity index (χ4v) is 2.75. The van der Waals surface area contributed by atoms with Gasteiger partial charge in [-0.2, -0.15) is 0 Å². The quantitative estimate of drug-likeness (QED) is 0.618. The summed E-state index contributed by atoms with van der Waals surface area (Å²) in [5.74, 6) is 0.0152. The van der Waals surface area contributed by atoms with Gasteiger partial charge < -0.3 is 5.32 Å². The number of rotatable bonds is 6. The van der Waals surface area contributed by atoms with Crippen LogP contribution in [0, 0.1) is 10.1 Å². The number of nitrogens with zero attached hydrogens (tertiary/aromatic N) is 1. The van der Waals surface area contributed by atoms with Crippen LogP contribution in [-0.2, 0) is 9.84 Å². The highest BCUT2D eigenvalue weighted by Crippen LogP contribution is 2.19. The van der Waals surface area contributed by atoms with Crippen molar-refractivity contribution in [2.45, 2.75) is 23.8 Å². The lowest BCUT2D eigenvalue weighted by Gasteiger charge is -2.05. The van der Waals surface area contributed by atoms with Crippen molar-refractivity contribution >= 4 is 15.5 Å². The molecular formula is C11H14N2O4S. The summed E-state index contributed by atoms with van der Waals surface area (Å²) in [6, 6.07) is 5.45. The van der Waals surface area contributed by atoms with Crippen molar-refractivity contribution in [2.24, 2.45) is 0 Å². The molecule has 0 amide bonds. The van der Waals surface area contributed by atoms with Gasteiger partial charge in [0.25, 0.3) is 5.69 Å². The number of non-ortho nitro benzene ring substituents is 1. The van der Waals surface area contributed by atoms with Crippen LogP contribution in [0.25, 0.3) is 0 Å². The van der Waals surface area contributed by atoms with Gasteiger partial charge >= 0.3 is 0 Å². The van der Waals surface area contributed by atoms with Gasteiger partial charge in [-0.3, -0.25) is 10.1 Å². The number of nitrogens with one attached hydrogen (secondary N) is 1. The Morgan fingerprint density at radius 2 is 1.89 bits per heavy atom. The van der Waals surface area contributed by atoms with Crippen molar-refractivity contribution in [1.82, 2.24) is 5.32 Å². The second-order valence-corrected chi connectivity index (χ2v) is 6.41. The maximum Gasteiger partial charge on any atom is 0.269 e. The fourth-order valence-electron chi connectivity index (χ4n) is 1.58. The Morgan fingerprint density at radius 1 is 1.28 bits per heavy atom. The van der Waals surface area contributed by atoms with Crippen molar-refractivity contribution in [2.75, 3.05) is 12.3 Å². The summed E-state index contributed by atoms with van der Waals surface area (Å²) in [5, 5.41) is 13.6. The lowest BCUT2D eigenvalue weighted by atomic mass is 10.3. The Labute approximate surface area is 105 Å². The zero-order chi connectivity index (χ0) is 13.2. The Kier molecular flexibility index (Phi) is 3.63. The molecule has 0 aliphatic heterocycles. The van der Waals surface area contributed by atoms with Crippen molar-refractivity contribution in [1.29, 1.82) is 0 Å². The second kappa shape index (κ2) is 5.03. The Hall–Kier alpha value is -1.47. The van der Waals surface area contributed by atoms with Gasteiger partial charge in [0.2, 0.25) is 0 Å². The first-order chi connectivity index (χ1) is 8.49. The molecule has 7 heteroatoms. The highest BCUT2D eigenvalue weighted by molar-refractivity contribution is 7.91. The molecule has 0 bridgehead atoms. The van der Waals surface area contributed by atoms with Crippen molar-refractivity contribution < 1.29 is 13.3 Å². The fraction of sp³-hybridized carbons (Fsp3) is 0.455. The summed E-state index contributed by atoms with van der Waals surface area (Å²) in [6.07, 6.45) is 2.22. The van der Waals surface area contributed by atoms with Crippen LogP contribution in [0.3, 0.4) is 0 Å². The summed E-state index contributed by atoms with van der Waals surface area (Å²) in [4.78, 5) is 10.0. The van der Waals surface area contributed by atoms with E-state index in [1.54, 1.807) is 0 Å². The molecule has 1 aliphatic carbocycles. The van der Waals surface area contributed by atoms with Crippen LogP contribution < -0.4 is 5.32 Å². The number of hydrogen-bond acceptors (Lipinski definition) is 5. The summed E-state index contributed by atoms with van der Waals surface area (Å²) < 4.78 is 23.8. The van der Waals surface area contributed by atoms with Crippen LogP contribution in [0.4, 0.5) is 5.69 Å². The van der Waals surface area contributed by atoms with Gasteiger partial charge in [0.05, 0.1) is 15.6 Å². The minimum atomic E-state index is -3.36. The van der Waals surface area contributed by atoms with E-state index in [1.807, 2.05) is 0 Å². The third-order valence-electron chi connectivity index (χ3n) is 2.79. The number of nitro benzene ring substituents is 1. The topological polar surface area (TPSA) is 89.3 Å². The summed E-state index contributed by atoms with van der Waals surface area (Å²) in [5.41, 5.74) is -0.106. The zero-order valence-electron chi connectivity index (χ0n) is 9.70. The largest absolute Gasteiger partial charge is 0.313 e. The number of hydrogen-bond donors (Lipinski definition) is 1. The predicted molar refractivity (Wildman–Crippen MR) is 66.2 cm³/mol. The molecule has 0 spiro atoms. The summed E-state index contributed by atoms with van der Waals surface area (Å²) in [7, 11) is -3.36. The molecule has 0 unspecified atom stereocenters. The third kappa shape index (κ3) is 3.27. The highest BCUT2D eigenvalue weighted by Gasteiger charge is 2.22. The van der Waals surface area contributed by atoms with Gasteiger partial charge in [0.15, 0.2) is 9.84 Å². The van der Waals surface area contributed by atoms with Crippen LogP contribution in [-0.4, -0.2) is 31.7 Å². The smallest absolute Gasteiger partial charge is 0.269 e. The maximum atomic E-state index is 11.9. The maximum absolute atomic E-state index is 11.9. The molecule has 1 aliphatic rings. The molecule has 6 nitrogen and oxygen atoms in total. The van der Waals surface area contributed by atoms with Gasteiger partial charge in [0.1, 0.15) is 0 Å². The monoisotopic (exact) mass is 270 g/mol. The first kappa shape index (κ1) is 13.0. The van der Waals surface area contributed by atoms with E-state index in [9.17, 15) is 18.5 Å². The lowest BCUT2D eigenvalue weighted by Crippen LogP contribution is -2.24. The highest BCUT2D eigenvalue weighted by atomic mass is 32.2. The lowest BCUT2D eigenvalue weighted by molar-refractivity contribution is -0.384. The molecule has 1 N–H and O–H groups in total. The first-order valence-corrected chi connectivity index (χ1v) is 7.35. The Morgan fingerprint density at radius 3 is 2.39 bits per heavy atom. The van der Waals surface area contributed by atoms with Crippen molar-refractivity contribution in [3.8, 4) is 0 Å². The molecular weight excluding hydrogens is 256 g/mol. The van der Waals surface area contributed by atoms with Crippen LogP contribution in [0.15, 0.2) is 29.2 Å². The normalized spacial score (nSPS) is 15.6. The van der Waals surface area contributed by atoms with E-state index in [1.165, 1.54) is 24.3 Å². The molecule has 0 radical (unpaired) electrons. The van der Waals surface area contributed by atoms with Crippen LogP contribution >= 0.6 is 0 Å². The van der Waals surface area contributed by atoms with Gasteiger partial charge in [0, 0.05) is 24.7 Å². The number of nitro groups is 1. The summed E-state index contributed by atoms with van der Waals surface area (Å²) in [6.45, 7) is 0.421. The van der Waals surface area contributed by atoms with Crippen LogP contribution in [0.2, 0.25) is 0 Å². The van der Waals surface area contributed by atoms with Crippen LogP contribution in [0.1, 0.15) is 12.8 Å². The average Bonchev–Trinajstić information content (AvgIpc) is 3.13. The van der Waals surface area contributed by atoms with E-state index in [0.717, 1.165) is 12.8 Å². The van der Waals surface area contributed by atoms with Gasteiger partial charge in [-0.1, -0.05) is 0 Å². The first-order valence-electron chi connectivity index (χ1n) is 5.69. The molecule has 1 fully saturated rings. The van der Waals surface area contributed by atoms with Gasteiger partial charge in [-0.25, -0.2) is 8.42 Å². The van der Waals surface area contributed by atoms with E-state index in [0.29, 0.717) is 12.6 Å². The Bertz CT molecular complexity index is 535. The number of benzene rings is 1. The minimum absolute atomic E-state index is 0.0152. The predicted octanol–water partition coefficient (Wildman–Crippen LogP) is 1.12. The summed E-state index contributed by atoms with van der Waals surface area (Å²) >= 11 is 0. The van der Waals surface area contributed by atoms with E-state index in [-0.39, 0.29) is 16.3 Å². The third-order valence-corrected chi connectivity index (χ3v) is 4.52. The molecule has 98 valence electrons. The van der Waals surface area contributed by atoms with E-state index in [4.69, 9.17) is 0 Å². The molecule has 1 aromatic carbocycles. The minimum Gasteiger partial charge on any atom is -0.313 e. The Balaban J connectivity index is 2.01. The van der Waals surface area contributed by atoms with Crippen LogP contribution in [0.5, 0.6) is 0 Å². The molecule has 1 saturated carbocycles. The molecule has 18 heavy (non-hydrogen) atoms. The molecule has 0 saturated heterocycles. The van der Waals surface area contributed by atoms with E-state index in [2.05, 4.69) is 5.32 Å². The molecule has 2 rings (SSSR count). The van der Waals surface area contributed by atoms with E-state index < -0.39 is 14.8 Å². The molecule has 0 aromatic heterocycles. The standard InChI is InChI=1S/C11H14N2O4S/c14-13(15)10-3-5-11(6-4-10)18(16,17)8-7-12-9-1-2-9/h3-6,9,12H,1-2,7-8H2. The molecule has 1 aromatic rings. The average molecular weight is 270 g/mol. The van der Waals surface area contributed by atoms with Gasteiger partial charge in [-0.05, 0) is 25.0 Å². The SMILES string of the molecule is O=[N+]([O-])c1ccc(S(=O)(=O)CCNC2CC2)cc1. The van der Waals surface area contributed by atoms with Gasteiger partial charge in [-0.15, -0.1) is 0 Å². The molecule has 0 atom stereocenters. The van der Waals surface area contributed by atoms with Crippen molar-refractivity contribution in [3.05, 3.63) is 34.4 Å². The zero-order valence-corrected chi connectivity index (χ0v) is 10.5. The number of sulfone groups is 1. The van der Waals surface area contributed by atoms with E-state index >= 15 is 0 Å². The second-order valence-electron chi connectivity index (χ2n) is 4.30. The molecule has 0 heterocycles.